The van der Waals surface area contributed by atoms with Crippen LogP contribution in [0.2, 0.25) is 0 Å². The SMILES string of the molecule is CO[C@@H]1[CH-][C@@H](OS(=O)(=O)[O-])[C@H](OS(=O)(=O)[O-])[C@@H](Cn2cc(CO[C@@H]3[CH-][C@@H](OS(=O)(=O)[O-])[C@H](OS(=O)(=O)[O-])[C@@H](Cn4nnc(COCc5cn(C[C@@H]6[CH-][C@H](OS(=O)(=O)[O-])C(CCl)(O[C@H]7O[C@H](COS(=O)(=O)[O-])[C@H](Cl)[C@H](OS(=O)(=O)[O-])C7OS(=O)(=O)[O-])O6)nn5)n4)O3)nn2)O1.O=S(=O)([O-])O.O=S(=O)([O-])O.O=S(=O)([O-])O.[Na+].[Na+].[Na+].[Na+].[Na+].[Na+].[Na+].[Na+].[Na+].[Na+].[Na+]. The molecule has 86 heteroatoms. The number of nitrogens with zero attached hydrogens (tertiary/aromatic N) is 10. The Kier molecular flexibility index (Phi) is 72.3. The minimum absolute atomic E-state index is 0. The summed E-state index contributed by atoms with van der Waals surface area (Å²) in [6.45, 7) is -5.31. The molecule has 0 radical (unpaired) electrons. The molecule has 0 bridgehead atoms. The van der Waals surface area contributed by atoms with Gasteiger partial charge < -0.3 is 101 Å². The Hall–Kier alpha value is 7.18. The summed E-state index contributed by atoms with van der Waals surface area (Å²) in [5.41, 5.74) is -0.218. The fourth-order valence-corrected chi connectivity index (χ4v) is 12.9. The first-order chi connectivity index (χ1) is 48.7. The van der Waals surface area contributed by atoms with E-state index in [-0.39, 0.29) is 342 Å². The molecule has 119 heavy (non-hydrogen) atoms. The van der Waals surface area contributed by atoms with Gasteiger partial charge in [0.05, 0.1) is 56.6 Å². The predicted octanol–water partition coefficient (Wildman–Crippen LogP) is -45.4. The first-order valence-corrected chi connectivity index (χ1v) is 41.9. The van der Waals surface area contributed by atoms with E-state index < -0.39 is 264 Å². The van der Waals surface area contributed by atoms with Crippen LogP contribution in [0, 0.1) is 19.3 Å². The number of hydrogen-bond donors (Lipinski definition) is 3. The fourth-order valence-electron chi connectivity index (χ4n) is 8.55. The van der Waals surface area contributed by atoms with Gasteiger partial charge in [-0.25, -0.2) is 110 Å². The summed E-state index contributed by atoms with van der Waals surface area (Å²) in [5, 5.41) is 24.3. The summed E-state index contributed by atoms with van der Waals surface area (Å²) in [5.74, 6) is -4.45. The van der Waals surface area contributed by atoms with Gasteiger partial charge in [-0.15, -0.1) is 43.6 Å². The number of halogens is 2. The molecule has 7 rings (SSSR count). The Morgan fingerprint density at radius 2 is 0.849 bits per heavy atom. The van der Waals surface area contributed by atoms with Crippen LogP contribution in [0.15, 0.2) is 12.4 Å². The monoisotopic (exact) mass is 2080 g/mol. The smallest absolute Gasteiger partial charge is 0.726 e. The Morgan fingerprint density at radius 1 is 0.462 bits per heavy atom. The molecule has 0 aromatic carbocycles. The van der Waals surface area contributed by atoms with E-state index in [1.165, 1.54) is 0 Å². The van der Waals surface area contributed by atoms with Crippen LogP contribution in [0.1, 0.15) is 17.2 Å². The number of hydrogen-bond acceptors (Lipinski definition) is 56. The van der Waals surface area contributed by atoms with E-state index in [1.807, 2.05) is 0 Å². The molecule has 0 spiro atoms. The van der Waals surface area contributed by atoms with E-state index in [9.17, 15) is 104 Å². The van der Waals surface area contributed by atoms with E-state index in [4.69, 9.17) is 114 Å². The molecule has 3 N–H and O–H groups in total. The number of aromatic nitrogens is 10. The van der Waals surface area contributed by atoms with Gasteiger partial charge in [0.1, 0.15) is 54.6 Å². The van der Waals surface area contributed by atoms with E-state index in [0.29, 0.717) is 11.2 Å². The summed E-state index contributed by atoms with van der Waals surface area (Å²) in [4.78, 5) is 0.657. The van der Waals surface area contributed by atoms with E-state index in [0.717, 1.165) is 41.7 Å². The third-order valence-electron chi connectivity index (χ3n) is 11.8. The quantitative estimate of drug-likeness (QED) is 0.0164. The minimum Gasteiger partial charge on any atom is -0.726 e. The van der Waals surface area contributed by atoms with Crippen LogP contribution in [-0.2, 0) is 225 Å². The molecule has 16 atom stereocenters. The van der Waals surface area contributed by atoms with Crippen molar-refractivity contribution in [2.24, 2.45) is 0 Å². The Labute approximate surface area is 929 Å². The summed E-state index contributed by atoms with van der Waals surface area (Å²) < 4.78 is 459. The largest absolute Gasteiger partial charge is 1.00 e. The van der Waals surface area contributed by atoms with Crippen molar-refractivity contribution in [2.75, 3.05) is 19.6 Å². The Balaban J connectivity index is -0.000000724. The zero-order valence-corrected chi connectivity index (χ0v) is 94.8. The maximum atomic E-state index is 11.9. The van der Waals surface area contributed by atoms with Gasteiger partial charge in [-0.2, -0.15) is 4.80 Å². The molecule has 0 aliphatic carbocycles. The Bertz CT molecular complexity index is 4770. The number of alkyl halides is 2. The predicted molar refractivity (Wildman–Crippen MR) is 301 cm³/mol. The molecule has 0 amide bonds. The first kappa shape index (κ1) is 142. The van der Waals surface area contributed by atoms with Crippen LogP contribution < -0.4 is 325 Å². The minimum atomic E-state index is -6.06. The normalized spacial score (nSPS) is 25.4. The second kappa shape index (κ2) is 60.8. The van der Waals surface area contributed by atoms with Gasteiger partial charge in [0.15, 0.2) is 24.0 Å². The van der Waals surface area contributed by atoms with Gasteiger partial charge in [-0.3, -0.25) is 45.7 Å². The van der Waals surface area contributed by atoms with Crippen molar-refractivity contribution in [3.05, 3.63) is 48.9 Å². The molecular weight excluding hydrogens is 2040 g/mol. The van der Waals surface area contributed by atoms with Crippen LogP contribution in [0.3, 0.4) is 0 Å². The van der Waals surface area contributed by atoms with E-state index in [2.05, 4.69) is 69.5 Å². The van der Waals surface area contributed by atoms with Gasteiger partial charge in [-0.1, -0.05) is 10.4 Å². The molecule has 7 heterocycles. The van der Waals surface area contributed by atoms with Gasteiger partial charge in [0, 0.05) is 32.3 Å². The molecule has 62 nitrogen and oxygen atoms in total. The average molecular weight is 2090 g/mol. The second-order valence-electron chi connectivity index (χ2n) is 19.7. The third kappa shape index (κ3) is 61.9. The average Bonchev–Trinajstić information content (AvgIpc) is 1.71. The maximum Gasteiger partial charge on any atom is 1.00 e. The topological polar surface area (TPSA) is 943 Å². The van der Waals surface area contributed by atoms with Crippen molar-refractivity contribution in [3.8, 4) is 0 Å². The zero-order valence-electron chi connectivity index (χ0n) is 62.3. The Morgan fingerprint density at radius 3 is 1.26 bits per heavy atom. The van der Waals surface area contributed by atoms with Crippen LogP contribution in [0.4, 0.5) is 0 Å². The molecular formula is C33H42Cl2N10Na11O52S11-3. The van der Waals surface area contributed by atoms with E-state index in [1.54, 1.807) is 0 Å². The van der Waals surface area contributed by atoms with Crippen molar-refractivity contribution >= 4 is 138 Å². The molecule has 4 aliphatic heterocycles. The first-order valence-electron chi connectivity index (χ1n) is 26.2. The van der Waals surface area contributed by atoms with Gasteiger partial charge in [-0.05, 0) is 23.5 Å². The van der Waals surface area contributed by atoms with Crippen molar-refractivity contribution in [1.82, 2.24) is 50.2 Å². The summed E-state index contributed by atoms with van der Waals surface area (Å²) >= 11 is 12.2. The number of rotatable bonds is 34. The molecule has 2 unspecified atom stereocenters. The molecule has 3 aromatic rings. The van der Waals surface area contributed by atoms with Crippen molar-refractivity contribution in [3.63, 3.8) is 0 Å². The van der Waals surface area contributed by atoms with Gasteiger partial charge in [0.2, 0.25) is 114 Å². The fraction of sp³-hybridized carbons (Fsp3) is 0.758. The van der Waals surface area contributed by atoms with Crippen molar-refractivity contribution < 1.29 is 553 Å². The molecule has 4 aliphatic rings. The van der Waals surface area contributed by atoms with Crippen LogP contribution >= 0.6 is 23.2 Å². The molecule has 3 aromatic heterocycles. The summed E-state index contributed by atoms with van der Waals surface area (Å²) in [6, 6.07) is 0. The third-order valence-corrected chi connectivity index (χ3v) is 16.3. The molecule has 630 valence electrons. The number of methoxy groups -OCH3 is 1. The van der Waals surface area contributed by atoms with Crippen LogP contribution in [0.25, 0.3) is 0 Å². The standard InChI is InChI=1S/C33H47Cl2N10O40S8.11Na.3H2O4S/c1-70-25-3-18(79-87(49,50)51)28(82-90(58,59)60)20(74-25)8-44-6-16(37-41-44)11-72-26-4-19(80-88(52,53)54)29(83-91(61,62)63)21(75-26)9-45-39-24(38-42-45)13-71-10-15-5-43(40-36-15)7-17-2-23(81-89(55,56)57)33(14-34,77-17)78-32-31(85-93(67,68)69)30(84-92(64,65)66)27(35)22(76-32)12-73-86(46,47)48;;;;;;;;;;;;3*1-5(2,3)4/h2-6,17-23,25-32H,7-14H2,1H3,(H,46,47,48)(H,49,50,51)(H,52,53,54)(H,55,56,57)(H,58,59,60)(H,61,62,63)(H,64,65,66)(H,67,68,69);;;;;;;;;;;;3*(H2,1,2,3,4)/q-3;11*+1;;;/p-11/t17-,18+,19+,20+,21+,22+,23-,25-,26-,27-,28-,29-,30-,31?,32+,33?;;;;;;;;;;;;;;/m0............../s1. The molecule has 0 saturated carbocycles. The molecule has 4 saturated heterocycles. The van der Waals surface area contributed by atoms with Crippen LogP contribution in [-0.4, -0.2) is 323 Å². The van der Waals surface area contributed by atoms with Gasteiger partial charge in [0.25, 0.3) is 0 Å². The van der Waals surface area contributed by atoms with E-state index >= 15 is 0 Å². The van der Waals surface area contributed by atoms with Crippen molar-refractivity contribution in [2.45, 2.75) is 137 Å². The zero-order chi connectivity index (χ0) is 82.6. The summed E-state index contributed by atoms with van der Waals surface area (Å²) in [7, 11) is -60.0. The molecule has 4 fully saturated rings. The number of tetrazole rings is 1. The maximum absolute atomic E-state index is 11.9. The number of ether oxygens (including phenoxy) is 8. The second-order valence-corrected chi connectivity index (χ2v) is 31.2. The van der Waals surface area contributed by atoms with Crippen LogP contribution in [0.5, 0.6) is 0 Å². The van der Waals surface area contributed by atoms with Gasteiger partial charge >= 0.3 is 325 Å². The van der Waals surface area contributed by atoms with Crippen molar-refractivity contribution in [1.29, 1.82) is 0 Å². The summed E-state index contributed by atoms with van der Waals surface area (Å²) in [6.07, 6.45) is -26.0.